The van der Waals surface area contributed by atoms with E-state index in [0.29, 0.717) is 12.2 Å². The van der Waals surface area contributed by atoms with E-state index in [0.717, 1.165) is 38.3 Å². The molecule has 1 aliphatic heterocycles. The molecule has 0 saturated carbocycles. The zero-order chi connectivity index (χ0) is 13.7. The number of pyridine rings is 1. The molecule has 0 aromatic carbocycles. The lowest BCUT2D eigenvalue weighted by Crippen LogP contribution is -2.44. The molecular weight excluding hydrogens is 240 g/mol. The van der Waals surface area contributed by atoms with Crippen LogP contribution in [0.1, 0.15) is 23.8 Å². The lowest BCUT2D eigenvalue weighted by molar-refractivity contribution is 0.0948. The number of rotatable bonds is 4. The van der Waals surface area contributed by atoms with Crippen LogP contribution in [0.25, 0.3) is 0 Å². The highest BCUT2D eigenvalue weighted by atomic mass is 16.1. The Bertz CT molecular complexity index is 410. The van der Waals surface area contributed by atoms with Crippen molar-refractivity contribution in [2.75, 3.05) is 44.7 Å². The summed E-state index contributed by atoms with van der Waals surface area (Å²) in [5, 5.41) is 2.83. The molecule has 2 heterocycles. The maximum absolute atomic E-state index is 11.7. The summed E-state index contributed by atoms with van der Waals surface area (Å²) in [6.45, 7) is 6.89. The van der Waals surface area contributed by atoms with Crippen molar-refractivity contribution in [1.29, 1.82) is 0 Å². The predicted octanol–water partition coefficient (Wildman–Crippen LogP) is 0.973. The Morgan fingerprint density at radius 1 is 1.32 bits per heavy atom. The Hall–Kier alpha value is -1.62. The van der Waals surface area contributed by atoms with Gasteiger partial charge < -0.3 is 15.1 Å². The second kappa shape index (κ2) is 6.52. The van der Waals surface area contributed by atoms with Crippen LogP contribution in [-0.2, 0) is 0 Å². The maximum Gasteiger partial charge on any atom is 0.269 e. The third-order valence-corrected chi connectivity index (χ3v) is 3.38. The van der Waals surface area contributed by atoms with E-state index in [-0.39, 0.29) is 5.91 Å². The van der Waals surface area contributed by atoms with Gasteiger partial charge in [0.15, 0.2) is 0 Å². The van der Waals surface area contributed by atoms with Gasteiger partial charge >= 0.3 is 0 Å². The zero-order valence-corrected chi connectivity index (χ0v) is 11.7. The van der Waals surface area contributed by atoms with Gasteiger partial charge in [0.25, 0.3) is 5.91 Å². The first-order chi connectivity index (χ1) is 9.20. The molecule has 104 valence electrons. The van der Waals surface area contributed by atoms with Crippen molar-refractivity contribution in [2.45, 2.75) is 13.3 Å². The second-order valence-electron chi connectivity index (χ2n) is 4.95. The molecule has 1 N–H and O–H groups in total. The van der Waals surface area contributed by atoms with Crippen molar-refractivity contribution >= 4 is 11.6 Å². The molecule has 1 aromatic heterocycles. The highest BCUT2D eigenvalue weighted by Gasteiger charge is 2.15. The molecule has 1 fully saturated rings. The van der Waals surface area contributed by atoms with Gasteiger partial charge in [-0.3, -0.25) is 4.79 Å². The van der Waals surface area contributed by atoms with Gasteiger partial charge in [0.2, 0.25) is 0 Å². The topological polar surface area (TPSA) is 48.5 Å². The SMILES string of the molecule is CCCNC(=O)c1ccc(N2CCN(C)CC2)cn1. The van der Waals surface area contributed by atoms with Crippen LogP contribution in [0.4, 0.5) is 5.69 Å². The number of nitrogens with zero attached hydrogens (tertiary/aromatic N) is 3. The minimum Gasteiger partial charge on any atom is -0.368 e. The van der Waals surface area contributed by atoms with E-state index in [1.54, 1.807) is 12.3 Å². The normalized spacial score (nSPS) is 16.4. The van der Waals surface area contributed by atoms with Crippen LogP contribution in [0.5, 0.6) is 0 Å². The van der Waals surface area contributed by atoms with E-state index in [1.807, 2.05) is 13.0 Å². The van der Waals surface area contributed by atoms with Gasteiger partial charge in [-0.2, -0.15) is 0 Å². The molecule has 5 nitrogen and oxygen atoms in total. The van der Waals surface area contributed by atoms with Crippen LogP contribution in [-0.4, -0.2) is 55.6 Å². The number of likely N-dealkylation sites (N-methyl/N-ethyl adjacent to an activating group) is 1. The highest BCUT2D eigenvalue weighted by Crippen LogP contribution is 2.15. The van der Waals surface area contributed by atoms with Crippen molar-refractivity contribution in [1.82, 2.24) is 15.2 Å². The zero-order valence-electron chi connectivity index (χ0n) is 11.7. The van der Waals surface area contributed by atoms with E-state index in [2.05, 4.69) is 27.1 Å². The molecule has 1 saturated heterocycles. The highest BCUT2D eigenvalue weighted by molar-refractivity contribution is 5.92. The fourth-order valence-corrected chi connectivity index (χ4v) is 2.10. The van der Waals surface area contributed by atoms with Crippen molar-refractivity contribution in [3.05, 3.63) is 24.0 Å². The smallest absolute Gasteiger partial charge is 0.269 e. The maximum atomic E-state index is 11.7. The van der Waals surface area contributed by atoms with Gasteiger partial charge in [-0.25, -0.2) is 4.98 Å². The van der Waals surface area contributed by atoms with Crippen molar-refractivity contribution < 1.29 is 4.79 Å². The van der Waals surface area contributed by atoms with Gasteiger partial charge in [0.05, 0.1) is 11.9 Å². The predicted molar refractivity (Wildman–Crippen MR) is 76.6 cm³/mol. The van der Waals surface area contributed by atoms with Gasteiger partial charge in [-0.15, -0.1) is 0 Å². The number of anilines is 1. The standard InChI is InChI=1S/C14H22N4O/c1-3-6-15-14(19)13-5-4-12(11-16-13)18-9-7-17(2)8-10-18/h4-5,11H,3,6-10H2,1-2H3,(H,15,19). The van der Waals surface area contributed by atoms with Crippen molar-refractivity contribution in [3.8, 4) is 0 Å². The van der Waals surface area contributed by atoms with Crippen molar-refractivity contribution in [3.63, 3.8) is 0 Å². The third-order valence-electron chi connectivity index (χ3n) is 3.38. The van der Waals surface area contributed by atoms with Crippen LogP contribution >= 0.6 is 0 Å². The van der Waals surface area contributed by atoms with E-state index < -0.39 is 0 Å². The summed E-state index contributed by atoms with van der Waals surface area (Å²) >= 11 is 0. The summed E-state index contributed by atoms with van der Waals surface area (Å²) in [7, 11) is 2.14. The molecule has 0 atom stereocenters. The molecule has 0 aliphatic carbocycles. The number of aromatic nitrogens is 1. The lowest BCUT2D eigenvalue weighted by atomic mass is 10.2. The number of amides is 1. The monoisotopic (exact) mass is 262 g/mol. The fourth-order valence-electron chi connectivity index (χ4n) is 2.10. The van der Waals surface area contributed by atoms with E-state index in [1.165, 1.54) is 0 Å². The summed E-state index contributed by atoms with van der Waals surface area (Å²) in [6, 6.07) is 3.79. The quantitative estimate of drug-likeness (QED) is 0.878. The number of carbonyl (C=O) groups excluding carboxylic acids is 1. The summed E-state index contributed by atoms with van der Waals surface area (Å²) in [5.41, 5.74) is 1.59. The van der Waals surface area contributed by atoms with Crippen LogP contribution in [0.15, 0.2) is 18.3 Å². The molecule has 0 bridgehead atoms. The molecule has 1 aliphatic rings. The summed E-state index contributed by atoms with van der Waals surface area (Å²) < 4.78 is 0. The third kappa shape index (κ3) is 3.67. The lowest BCUT2D eigenvalue weighted by Gasteiger charge is -2.33. The van der Waals surface area contributed by atoms with Crippen LogP contribution in [0.3, 0.4) is 0 Å². The van der Waals surface area contributed by atoms with Crippen LogP contribution in [0.2, 0.25) is 0 Å². The minimum absolute atomic E-state index is 0.0909. The Labute approximate surface area is 114 Å². The first-order valence-electron chi connectivity index (χ1n) is 6.88. The number of hydrogen-bond donors (Lipinski definition) is 1. The molecule has 1 amide bonds. The number of piperazine rings is 1. The van der Waals surface area contributed by atoms with Crippen LogP contribution < -0.4 is 10.2 Å². The first-order valence-corrected chi connectivity index (χ1v) is 6.88. The van der Waals surface area contributed by atoms with Gasteiger partial charge in [0.1, 0.15) is 5.69 Å². The Morgan fingerprint density at radius 3 is 2.63 bits per heavy atom. The van der Waals surface area contributed by atoms with Gasteiger partial charge in [-0.05, 0) is 25.6 Å². The molecule has 19 heavy (non-hydrogen) atoms. The van der Waals surface area contributed by atoms with E-state index in [4.69, 9.17) is 0 Å². The second-order valence-corrected chi connectivity index (χ2v) is 4.95. The molecule has 5 heteroatoms. The number of nitrogens with one attached hydrogen (secondary N) is 1. The van der Waals surface area contributed by atoms with Crippen molar-refractivity contribution in [2.24, 2.45) is 0 Å². The first kappa shape index (κ1) is 13.8. The molecule has 0 spiro atoms. The Morgan fingerprint density at radius 2 is 2.05 bits per heavy atom. The van der Waals surface area contributed by atoms with Gasteiger partial charge in [-0.1, -0.05) is 6.92 Å². The molecule has 2 rings (SSSR count). The molecule has 0 radical (unpaired) electrons. The molecule has 0 unspecified atom stereocenters. The Kier molecular flexibility index (Phi) is 4.74. The molecular formula is C14H22N4O. The largest absolute Gasteiger partial charge is 0.368 e. The number of carbonyl (C=O) groups is 1. The van der Waals surface area contributed by atoms with E-state index >= 15 is 0 Å². The summed E-state index contributed by atoms with van der Waals surface area (Å²) in [5.74, 6) is -0.0909. The number of hydrogen-bond acceptors (Lipinski definition) is 4. The fraction of sp³-hybridized carbons (Fsp3) is 0.571. The van der Waals surface area contributed by atoms with E-state index in [9.17, 15) is 4.79 Å². The average molecular weight is 262 g/mol. The van der Waals surface area contributed by atoms with Gasteiger partial charge in [0, 0.05) is 32.7 Å². The minimum atomic E-state index is -0.0909. The average Bonchev–Trinajstić information content (AvgIpc) is 2.46. The Balaban J connectivity index is 1.96. The van der Waals surface area contributed by atoms with Crippen LogP contribution in [0, 0.1) is 0 Å². The molecule has 1 aromatic rings. The summed E-state index contributed by atoms with van der Waals surface area (Å²) in [4.78, 5) is 20.6. The summed E-state index contributed by atoms with van der Waals surface area (Å²) in [6.07, 6.45) is 2.73.